The maximum atomic E-state index is 11.9. The van der Waals surface area contributed by atoms with Crippen molar-refractivity contribution in [3.63, 3.8) is 0 Å². The van der Waals surface area contributed by atoms with Crippen LogP contribution in [0.4, 0.5) is 0 Å². The number of nitrogens with zero attached hydrogens (tertiary/aromatic N) is 2. The molecule has 2 aromatic heterocycles. The van der Waals surface area contributed by atoms with Crippen LogP contribution in [-0.2, 0) is 4.74 Å². The van der Waals surface area contributed by atoms with Gasteiger partial charge in [0.05, 0.1) is 12.7 Å². The van der Waals surface area contributed by atoms with Gasteiger partial charge in [-0.2, -0.15) is 0 Å². The number of carbonyl (C=O) groups is 1. The molecule has 1 fully saturated rings. The molecule has 1 aliphatic rings. The molecule has 0 amide bonds. The summed E-state index contributed by atoms with van der Waals surface area (Å²) in [7, 11) is 1.32. The van der Waals surface area contributed by atoms with E-state index in [4.69, 9.17) is 20.4 Å². The molecule has 3 rings (SSSR count). The molecule has 0 aromatic carbocycles. The normalized spacial score (nSPS) is 14.0. The zero-order valence-electron chi connectivity index (χ0n) is 10.9. The van der Waals surface area contributed by atoms with E-state index in [-0.39, 0.29) is 18.2 Å². The molecular weight excluding hydrogens is 260 g/mol. The van der Waals surface area contributed by atoms with Crippen LogP contribution in [0.2, 0.25) is 0 Å². The summed E-state index contributed by atoms with van der Waals surface area (Å²) in [5, 5.41) is 4.17. The van der Waals surface area contributed by atoms with Crippen molar-refractivity contribution in [2.75, 3.05) is 13.7 Å². The molecule has 0 atom stereocenters. The Labute approximate surface area is 115 Å². The number of terminal acetylenes is 1. The Morgan fingerprint density at radius 3 is 3.05 bits per heavy atom. The van der Waals surface area contributed by atoms with Gasteiger partial charge in [0.15, 0.2) is 6.61 Å². The molecule has 1 saturated carbocycles. The number of methoxy groups -OCH3 is 1. The van der Waals surface area contributed by atoms with Crippen molar-refractivity contribution in [3.05, 3.63) is 17.3 Å². The van der Waals surface area contributed by atoms with Crippen LogP contribution in [0.1, 0.15) is 34.8 Å². The van der Waals surface area contributed by atoms with Gasteiger partial charge in [-0.1, -0.05) is 5.92 Å². The molecule has 102 valence electrons. The number of fused-ring (bicyclic) bond motifs is 1. The van der Waals surface area contributed by atoms with Gasteiger partial charge >= 0.3 is 5.97 Å². The van der Waals surface area contributed by atoms with E-state index in [0.29, 0.717) is 16.9 Å². The highest BCUT2D eigenvalue weighted by Crippen LogP contribution is 2.41. The van der Waals surface area contributed by atoms with Crippen molar-refractivity contribution in [2.24, 2.45) is 0 Å². The van der Waals surface area contributed by atoms with Gasteiger partial charge in [-0.15, -0.1) is 6.42 Å². The van der Waals surface area contributed by atoms with Gasteiger partial charge in [-0.25, -0.2) is 9.78 Å². The van der Waals surface area contributed by atoms with Gasteiger partial charge < -0.3 is 14.0 Å². The average molecular weight is 272 g/mol. The summed E-state index contributed by atoms with van der Waals surface area (Å²) in [4.78, 5) is 16.3. The summed E-state index contributed by atoms with van der Waals surface area (Å²) in [5.74, 6) is 2.39. The molecule has 2 aromatic rings. The first kappa shape index (κ1) is 12.5. The molecule has 1 aliphatic carbocycles. The van der Waals surface area contributed by atoms with E-state index < -0.39 is 5.97 Å². The Balaban J connectivity index is 2.15. The Hall–Kier alpha value is -2.55. The molecule has 0 saturated heterocycles. The molecule has 0 bridgehead atoms. The Kier molecular flexibility index (Phi) is 3.03. The molecule has 0 unspecified atom stereocenters. The van der Waals surface area contributed by atoms with E-state index in [1.165, 1.54) is 7.11 Å². The summed E-state index contributed by atoms with van der Waals surface area (Å²) in [6.07, 6.45) is 7.27. The number of pyridine rings is 1. The quantitative estimate of drug-likeness (QED) is 0.625. The molecule has 0 N–H and O–H groups in total. The topological polar surface area (TPSA) is 74.5 Å². The maximum Gasteiger partial charge on any atom is 0.338 e. The number of esters is 1. The summed E-state index contributed by atoms with van der Waals surface area (Å²) >= 11 is 0. The first-order chi connectivity index (χ1) is 9.74. The Bertz CT molecular complexity index is 710. The van der Waals surface area contributed by atoms with Crippen LogP contribution in [-0.4, -0.2) is 29.8 Å². The minimum Gasteiger partial charge on any atom is -0.465 e. The highest BCUT2D eigenvalue weighted by molar-refractivity contribution is 6.04. The SMILES string of the molecule is C#CCOc1noc2nc(C3CC3)cc(C(=O)OC)c12. The number of aromatic nitrogens is 2. The van der Waals surface area contributed by atoms with Crippen LogP contribution >= 0.6 is 0 Å². The number of ether oxygens (including phenoxy) is 2. The fraction of sp³-hybridized carbons (Fsp3) is 0.357. The minimum atomic E-state index is -0.479. The molecule has 20 heavy (non-hydrogen) atoms. The molecule has 0 radical (unpaired) electrons. The molecule has 0 aliphatic heterocycles. The fourth-order valence-electron chi connectivity index (χ4n) is 2.01. The van der Waals surface area contributed by atoms with Gasteiger partial charge in [-0.05, 0) is 24.1 Å². The smallest absolute Gasteiger partial charge is 0.338 e. The second kappa shape index (κ2) is 4.85. The van der Waals surface area contributed by atoms with Crippen LogP contribution in [0.5, 0.6) is 5.88 Å². The predicted molar refractivity (Wildman–Crippen MR) is 69.4 cm³/mol. The summed E-state index contributed by atoms with van der Waals surface area (Å²) < 4.78 is 15.2. The van der Waals surface area contributed by atoms with Crippen molar-refractivity contribution in [1.82, 2.24) is 10.1 Å². The lowest BCUT2D eigenvalue weighted by molar-refractivity contribution is 0.0602. The van der Waals surface area contributed by atoms with Crippen molar-refractivity contribution < 1.29 is 18.8 Å². The van der Waals surface area contributed by atoms with E-state index in [0.717, 1.165) is 18.5 Å². The lowest BCUT2D eigenvalue weighted by Gasteiger charge is -2.04. The van der Waals surface area contributed by atoms with Crippen LogP contribution in [0, 0.1) is 12.3 Å². The summed E-state index contributed by atoms with van der Waals surface area (Å²) in [6.45, 7) is 0.0343. The number of hydrogen-bond acceptors (Lipinski definition) is 6. The minimum absolute atomic E-state index is 0.0343. The van der Waals surface area contributed by atoms with Crippen molar-refractivity contribution in [1.29, 1.82) is 0 Å². The van der Waals surface area contributed by atoms with E-state index in [1.54, 1.807) is 6.07 Å². The van der Waals surface area contributed by atoms with E-state index in [9.17, 15) is 4.79 Å². The first-order valence-corrected chi connectivity index (χ1v) is 6.19. The molecular formula is C14H12N2O4. The predicted octanol–water partition coefficient (Wildman–Crippen LogP) is 1.90. The van der Waals surface area contributed by atoms with Crippen LogP contribution in [0.25, 0.3) is 11.1 Å². The lowest BCUT2D eigenvalue weighted by atomic mass is 10.1. The second-order valence-corrected chi connectivity index (χ2v) is 4.52. The third-order valence-electron chi connectivity index (χ3n) is 3.13. The maximum absolute atomic E-state index is 11.9. The Morgan fingerprint density at radius 2 is 2.40 bits per heavy atom. The lowest BCUT2D eigenvalue weighted by Crippen LogP contribution is -2.05. The van der Waals surface area contributed by atoms with E-state index in [1.807, 2.05) is 0 Å². The van der Waals surface area contributed by atoms with E-state index >= 15 is 0 Å². The van der Waals surface area contributed by atoms with Gasteiger partial charge in [0.1, 0.15) is 5.39 Å². The average Bonchev–Trinajstić information content (AvgIpc) is 3.24. The largest absolute Gasteiger partial charge is 0.465 e. The molecule has 2 heterocycles. The number of rotatable bonds is 4. The Morgan fingerprint density at radius 1 is 1.60 bits per heavy atom. The van der Waals surface area contributed by atoms with Crippen molar-refractivity contribution in [2.45, 2.75) is 18.8 Å². The highest BCUT2D eigenvalue weighted by Gasteiger charge is 2.29. The third-order valence-corrected chi connectivity index (χ3v) is 3.13. The van der Waals surface area contributed by atoms with Crippen LogP contribution in [0.15, 0.2) is 10.6 Å². The van der Waals surface area contributed by atoms with Crippen molar-refractivity contribution >= 4 is 17.1 Å². The fourth-order valence-corrected chi connectivity index (χ4v) is 2.01. The highest BCUT2D eigenvalue weighted by atomic mass is 16.5. The molecule has 0 spiro atoms. The number of hydrogen-bond donors (Lipinski definition) is 0. The second-order valence-electron chi connectivity index (χ2n) is 4.52. The first-order valence-electron chi connectivity index (χ1n) is 6.19. The van der Waals surface area contributed by atoms with Gasteiger partial charge in [0, 0.05) is 11.6 Å². The van der Waals surface area contributed by atoms with Gasteiger partial charge in [0.25, 0.3) is 11.6 Å². The standard InChI is InChI=1S/C14H12N2O4/c1-3-6-19-13-11-9(14(17)18-2)7-10(8-4-5-8)15-12(11)20-16-13/h1,7-8H,4-6H2,2H3. The zero-order valence-corrected chi connectivity index (χ0v) is 10.9. The van der Waals surface area contributed by atoms with Gasteiger partial charge in [0.2, 0.25) is 0 Å². The summed E-state index contributed by atoms with van der Waals surface area (Å²) in [6, 6.07) is 1.71. The molecule has 6 nitrogen and oxygen atoms in total. The third kappa shape index (κ3) is 2.07. The van der Waals surface area contributed by atoms with Gasteiger partial charge in [-0.3, -0.25) is 0 Å². The van der Waals surface area contributed by atoms with Crippen LogP contribution in [0.3, 0.4) is 0 Å². The summed E-state index contributed by atoms with van der Waals surface area (Å²) in [5.41, 5.74) is 1.42. The van der Waals surface area contributed by atoms with Crippen LogP contribution < -0.4 is 4.74 Å². The monoisotopic (exact) mass is 272 g/mol. The molecule has 6 heteroatoms. The number of carbonyl (C=O) groups excluding carboxylic acids is 1. The zero-order chi connectivity index (χ0) is 14.1. The van der Waals surface area contributed by atoms with E-state index in [2.05, 4.69) is 16.1 Å². The van der Waals surface area contributed by atoms with Crippen molar-refractivity contribution in [3.8, 4) is 18.2 Å².